The highest BCUT2D eigenvalue weighted by Crippen LogP contribution is 2.28. The number of rotatable bonds is 5. The molecule has 4 aromatic rings. The predicted molar refractivity (Wildman–Crippen MR) is 141 cm³/mol. The zero-order chi connectivity index (χ0) is 32.5. The van der Waals surface area contributed by atoms with Gasteiger partial charge in [-0.1, -0.05) is 29.5 Å². The van der Waals surface area contributed by atoms with E-state index in [1.54, 1.807) is 13.3 Å². The molecular formula is C27H25F6N5O6. The Morgan fingerprint density at radius 1 is 0.977 bits per heavy atom. The molecule has 1 aliphatic rings. The first-order valence-corrected chi connectivity index (χ1v) is 12.5. The molecule has 0 bridgehead atoms. The number of pyridine rings is 2. The maximum atomic E-state index is 10.6. The summed E-state index contributed by atoms with van der Waals surface area (Å²) in [4.78, 5) is 24.4. The first-order valence-electron chi connectivity index (χ1n) is 12.5. The van der Waals surface area contributed by atoms with Crippen LogP contribution in [-0.2, 0) is 20.9 Å². The van der Waals surface area contributed by atoms with Gasteiger partial charge in [-0.25, -0.2) is 14.1 Å². The summed E-state index contributed by atoms with van der Waals surface area (Å²) in [6.07, 6.45) is -4.54. The molecule has 1 unspecified atom stereocenters. The number of methoxy groups -OCH3 is 1. The lowest BCUT2D eigenvalue weighted by Gasteiger charge is -2.32. The lowest BCUT2D eigenvalue weighted by atomic mass is 10.1. The molecule has 3 aromatic heterocycles. The molecule has 1 fully saturated rings. The Morgan fingerprint density at radius 2 is 1.59 bits per heavy atom. The highest BCUT2D eigenvalue weighted by molar-refractivity contribution is 5.73. The fraction of sp³-hybridized carbons (Fsp3) is 0.296. The highest BCUT2D eigenvalue weighted by Gasteiger charge is 2.38. The molecule has 11 nitrogen and oxygen atoms in total. The van der Waals surface area contributed by atoms with Crippen LogP contribution < -0.4 is 4.74 Å². The van der Waals surface area contributed by atoms with Gasteiger partial charge in [0.15, 0.2) is 0 Å². The molecule has 1 aromatic carbocycles. The lowest BCUT2D eigenvalue weighted by Crippen LogP contribution is -2.38. The number of benzene rings is 1. The maximum absolute atomic E-state index is 10.6. The molecule has 0 saturated carbocycles. The second-order valence-electron chi connectivity index (χ2n) is 9.01. The van der Waals surface area contributed by atoms with Gasteiger partial charge in [0.05, 0.1) is 19.2 Å². The number of hydrogen-bond acceptors (Lipinski definition) is 8. The van der Waals surface area contributed by atoms with Crippen LogP contribution in [0.1, 0.15) is 17.4 Å². The number of morpholine rings is 1. The molecular weight excluding hydrogens is 604 g/mol. The number of carbonyl (C=O) groups is 2. The molecule has 0 amide bonds. The molecule has 5 rings (SSSR count). The fourth-order valence-electron chi connectivity index (χ4n) is 3.86. The normalized spacial score (nSPS) is 15.4. The summed E-state index contributed by atoms with van der Waals surface area (Å²) < 4.78 is 76.6. The second kappa shape index (κ2) is 14.6. The molecule has 1 atom stereocenters. The third kappa shape index (κ3) is 9.63. The van der Waals surface area contributed by atoms with E-state index in [-0.39, 0.29) is 6.10 Å². The van der Waals surface area contributed by atoms with Gasteiger partial charge < -0.3 is 19.7 Å². The first kappa shape index (κ1) is 33.7. The Labute approximate surface area is 245 Å². The zero-order valence-electron chi connectivity index (χ0n) is 22.8. The molecule has 236 valence electrons. The number of carboxylic acid groups (broad SMARTS) is 2. The molecule has 4 heterocycles. The minimum Gasteiger partial charge on any atom is -0.497 e. The van der Waals surface area contributed by atoms with Gasteiger partial charge in [0.1, 0.15) is 17.5 Å². The topological polar surface area (TPSA) is 139 Å². The summed E-state index contributed by atoms with van der Waals surface area (Å²) in [7, 11) is 1.67. The van der Waals surface area contributed by atoms with Crippen LogP contribution in [0, 0.1) is 0 Å². The van der Waals surface area contributed by atoms with E-state index in [1.807, 2.05) is 47.2 Å². The summed E-state index contributed by atoms with van der Waals surface area (Å²) in [6.45, 7) is 3.21. The van der Waals surface area contributed by atoms with Crippen LogP contribution in [0.25, 0.3) is 16.6 Å². The van der Waals surface area contributed by atoms with E-state index < -0.39 is 24.3 Å². The van der Waals surface area contributed by atoms with Crippen molar-refractivity contribution in [3.8, 4) is 16.9 Å². The molecule has 17 heteroatoms. The summed E-state index contributed by atoms with van der Waals surface area (Å²) >= 11 is 0. The van der Waals surface area contributed by atoms with Gasteiger partial charge in [0.25, 0.3) is 0 Å². The number of aliphatic carboxylic acids is 2. The largest absolute Gasteiger partial charge is 0.497 e. The van der Waals surface area contributed by atoms with Crippen molar-refractivity contribution in [3.05, 3.63) is 78.4 Å². The van der Waals surface area contributed by atoms with Crippen molar-refractivity contribution >= 4 is 17.5 Å². The van der Waals surface area contributed by atoms with Gasteiger partial charge in [-0.2, -0.15) is 26.3 Å². The molecule has 44 heavy (non-hydrogen) atoms. The van der Waals surface area contributed by atoms with E-state index >= 15 is 0 Å². The van der Waals surface area contributed by atoms with Crippen LogP contribution >= 0.6 is 0 Å². The smallest absolute Gasteiger partial charge is 0.490 e. The maximum Gasteiger partial charge on any atom is 0.490 e. The van der Waals surface area contributed by atoms with E-state index in [1.165, 1.54) is 5.56 Å². The van der Waals surface area contributed by atoms with E-state index in [9.17, 15) is 26.3 Å². The van der Waals surface area contributed by atoms with Crippen LogP contribution in [0.4, 0.5) is 26.3 Å². The monoisotopic (exact) mass is 629 g/mol. The molecule has 0 radical (unpaired) electrons. The van der Waals surface area contributed by atoms with Crippen LogP contribution in [0.2, 0.25) is 0 Å². The third-order valence-corrected chi connectivity index (χ3v) is 5.93. The molecule has 1 saturated heterocycles. The van der Waals surface area contributed by atoms with Crippen molar-refractivity contribution in [1.29, 1.82) is 0 Å². The Kier molecular flexibility index (Phi) is 11.2. The van der Waals surface area contributed by atoms with Gasteiger partial charge >= 0.3 is 24.3 Å². The number of fused-ring (bicyclic) bond motifs is 1. The number of ether oxygens (including phenoxy) is 2. The SMILES string of the molecule is COc1ccc(-c2ccc3c(C4CN(Cc5cccnc5)CCO4)nnn3c2)cc1.O=C(O)C(F)(F)F.O=C(O)C(F)(F)F. The van der Waals surface area contributed by atoms with Gasteiger partial charge in [-0.3, -0.25) is 9.88 Å². The van der Waals surface area contributed by atoms with Crippen LogP contribution in [0.15, 0.2) is 67.1 Å². The quantitative estimate of drug-likeness (QED) is 0.300. The highest BCUT2D eigenvalue weighted by atomic mass is 19.4. The minimum atomic E-state index is -5.08. The number of alkyl halides is 6. The van der Waals surface area contributed by atoms with Crippen LogP contribution in [-0.4, -0.2) is 86.0 Å². The van der Waals surface area contributed by atoms with E-state index in [0.717, 1.165) is 47.7 Å². The van der Waals surface area contributed by atoms with Gasteiger partial charge in [-0.05, 0) is 35.4 Å². The van der Waals surface area contributed by atoms with Gasteiger partial charge in [0.2, 0.25) is 0 Å². The van der Waals surface area contributed by atoms with Gasteiger partial charge in [0, 0.05) is 43.8 Å². The number of hydrogen-bond donors (Lipinski definition) is 2. The van der Waals surface area contributed by atoms with E-state index in [4.69, 9.17) is 29.3 Å². The molecule has 2 N–H and O–H groups in total. The number of carboxylic acids is 2. The van der Waals surface area contributed by atoms with Crippen molar-refractivity contribution in [3.63, 3.8) is 0 Å². The summed E-state index contributed by atoms with van der Waals surface area (Å²) in [5, 5.41) is 23.1. The predicted octanol–water partition coefficient (Wildman–Crippen LogP) is 4.64. The fourth-order valence-corrected chi connectivity index (χ4v) is 3.86. The number of halogens is 6. The van der Waals surface area contributed by atoms with Crippen molar-refractivity contribution in [2.75, 3.05) is 26.8 Å². The van der Waals surface area contributed by atoms with Crippen LogP contribution in [0.3, 0.4) is 0 Å². The number of aromatic nitrogens is 4. The average molecular weight is 630 g/mol. The Balaban J connectivity index is 0.000000317. The van der Waals surface area contributed by atoms with Crippen molar-refractivity contribution in [2.24, 2.45) is 0 Å². The molecule has 1 aliphatic heterocycles. The van der Waals surface area contributed by atoms with Gasteiger partial charge in [-0.15, -0.1) is 5.10 Å². The van der Waals surface area contributed by atoms with Crippen molar-refractivity contribution in [1.82, 2.24) is 24.7 Å². The van der Waals surface area contributed by atoms with Crippen molar-refractivity contribution < 1.29 is 55.6 Å². The summed E-state index contributed by atoms with van der Waals surface area (Å²) in [5.74, 6) is -4.67. The molecule has 0 aliphatic carbocycles. The zero-order valence-corrected chi connectivity index (χ0v) is 22.8. The van der Waals surface area contributed by atoms with E-state index in [2.05, 4.69) is 38.4 Å². The Bertz CT molecular complexity index is 1510. The second-order valence-corrected chi connectivity index (χ2v) is 9.01. The third-order valence-electron chi connectivity index (χ3n) is 5.93. The number of nitrogens with zero attached hydrogens (tertiary/aromatic N) is 5. The Morgan fingerprint density at radius 3 is 2.14 bits per heavy atom. The minimum absolute atomic E-state index is 0.0974. The lowest BCUT2D eigenvalue weighted by molar-refractivity contribution is -0.193. The van der Waals surface area contributed by atoms with Crippen molar-refractivity contribution in [2.45, 2.75) is 25.0 Å². The first-order chi connectivity index (χ1) is 20.7. The van der Waals surface area contributed by atoms with E-state index in [0.29, 0.717) is 6.61 Å². The molecule has 0 spiro atoms. The average Bonchev–Trinajstić information content (AvgIpc) is 3.41. The Hall–Kier alpha value is -4.77. The summed E-state index contributed by atoms with van der Waals surface area (Å²) in [6, 6.07) is 16.2. The standard InChI is InChI=1S/C23H23N5O2.2C2HF3O2/c1-29-20-7-4-18(5-8-20)19-6-9-21-23(25-26-28(21)15-19)22-16-27(11-12-30-22)14-17-3-2-10-24-13-17;2*3-2(4,5)1(6)7/h2-10,13,15,22H,11-12,14,16H2,1H3;2*(H,6,7). The summed E-state index contributed by atoms with van der Waals surface area (Å²) in [5.41, 5.74) is 5.23. The van der Waals surface area contributed by atoms with Crippen LogP contribution in [0.5, 0.6) is 5.75 Å².